The second-order valence-corrected chi connectivity index (χ2v) is 10.3. The molecule has 8 heteroatoms. The third-order valence-corrected chi connectivity index (χ3v) is 8.01. The minimum absolute atomic E-state index is 0.258. The van der Waals surface area contributed by atoms with Gasteiger partial charge in [-0.2, -0.15) is 0 Å². The zero-order chi connectivity index (χ0) is 28.7. The fraction of sp³-hybridized carbons (Fsp3) is 0.0588. The van der Waals surface area contributed by atoms with E-state index < -0.39 is 0 Å². The first-order valence-electron chi connectivity index (χ1n) is 13.2. The van der Waals surface area contributed by atoms with Crippen LogP contribution in [-0.4, -0.2) is 14.2 Å². The molecule has 0 aromatic heterocycles. The molecule has 6 aromatic carbocycles. The molecule has 0 amide bonds. The summed E-state index contributed by atoms with van der Waals surface area (Å²) in [5, 5.41) is 3.90. The summed E-state index contributed by atoms with van der Waals surface area (Å²) in [6.07, 6.45) is 0. The molecule has 0 bridgehead atoms. The van der Waals surface area contributed by atoms with Crippen molar-refractivity contribution in [3.8, 4) is 45.6 Å². The Morgan fingerprint density at radius 1 is 0.333 bits per heavy atom. The summed E-state index contributed by atoms with van der Waals surface area (Å²) in [5.74, 6) is 4.44. The van der Waals surface area contributed by atoms with E-state index in [1.54, 1.807) is 14.2 Å². The first-order chi connectivity index (χ1) is 20.8. The van der Waals surface area contributed by atoms with Crippen LogP contribution in [0.2, 0.25) is 0 Å². The van der Waals surface area contributed by atoms with E-state index >= 15 is 0 Å². The summed E-state index contributed by atoms with van der Waals surface area (Å²) in [6.45, 7) is 0. The predicted octanol–water partition coefficient (Wildman–Crippen LogP) is 9.61. The Kier molecular flexibility index (Phi) is 8.56. The lowest BCUT2D eigenvalue weighted by Gasteiger charge is -2.16. The van der Waals surface area contributed by atoms with Crippen molar-refractivity contribution in [2.75, 3.05) is 14.2 Å². The van der Waals surface area contributed by atoms with Crippen molar-refractivity contribution < 1.29 is 27.6 Å². The second-order valence-electron chi connectivity index (χ2n) is 9.19. The third kappa shape index (κ3) is 5.78. The van der Waals surface area contributed by atoms with Gasteiger partial charge in [-0.25, -0.2) is 0 Å². The second kappa shape index (κ2) is 13.0. The normalized spacial score (nSPS) is 11.4. The summed E-state index contributed by atoms with van der Waals surface area (Å²) in [5.41, 5.74) is 1.78. The quantitative estimate of drug-likeness (QED) is 0.139. The molecular weight excluding hydrogens is 566 g/mol. The highest BCUT2D eigenvalue weighted by molar-refractivity contribution is 7.27. The highest BCUT2D eigenvalue weighted by Gasteiger charge is 2.14. The van der Waals surface area contributed by atoms with Crippen molar-refractivity contribution >= 4 is 39.6 Å². The van der Waals surface area contributed by atoms with Crippen molar-refractivity contribution in [2.24, 2.45) is 0 Å². The van der Waals surface area contributed by atoms with Gasteiger partial charge in [0.15, 0.2) is 0 Å². The predicted molar refractivity (Wildman–Crippen MR) is 172 cm³/mol. The van der Waals surface area contributed by atoms with Gasteiger partial charge in [0.05, 0.1) is 14.2 Å². The Morgan fingerprint density at radius 2 is 0.643 bits per heavy atom. The number of hydrogen-bond acceptors (Lipinski definition) is 6. The van der Waals surface area contributed by atoms with Crippen LogP contribution in [0.25, 0.3) is 32.7 Å². The molecule has 42 heavy (non-hydrogen) atoms. The zero-order valence-electron chi connectivity index (χ0n) is 23.0. The van der Waals surface area contributed by atoms with Crippen molar-refractivity contribution in [3.63, 3.8) is 0 Å². The van der Waals surface area contributed by atoms with Gasteiger partial charge in [-0.05, 0) is 36.4 Å². The largest absolute Gasteiger partial charge is 0.496 e. The van der Waals surface area contributed by atoms with Crippen molar-refractivity contribution in [2.45, 2.75) is 0 Å². The summed E-state index contributed by atoms with van der Waals surface area (Å²) in [4.78, 5) is 0. The van der Waals surface area contributed by atoms with E-state index in [4.69, 9.17) is 27.6 Å². The van der Waals surface area contributed by atoms with Crippen LogP contribution in [0.3, 0.4) is 0 Å². The molecule has 0 saturated carbocycles. The Balaban J connectivity index is 1.18. The SMILES string of the molecule is COc1ccc(OPOc2ccccc2-c2ccccc2OPOc2ccc(OC)c3ccccc23)c2ccccc12. The van der Waals surface area contributed by atoms with Crippen molar-refractivity contribution in [1.29, 1.82) is 0 Å². The number of fused-ring (bicyclic) bond motifs is 2. The molecule has 6 nitrogen and oxygen atoms in total. The fourth-order valence-corrected chi connectivity index (χ4v) is 5.95. The minimum atomic E-state index is -0.258. The highest BCUT2D eigenvalue weighted by Crippen LogP contribution is 2.42. The first-order valence-corrected chi connectivity index (χ1v) is 14.9. The molecule has 0 N–H and O–H groups in total. The molecule has 0 aliphatic carbocycles. The lowest BCUT2D eigenvalue weighted by molar-refractivity contribution is 0.419. The van der Waals surface area contributed by atoms with Gasteiger partial charge in [-0.3, -0.25) is 0 Å². The van der Waals surface area contributed by atoms with Gasteiger partial charge in [0.2, 0.25) is 0 Å². The Hall–Kier alpha value is -4.50. The molecular formula is C34H28O6P2. The third-order valence-electron chi connectivity index (χ3n) is 6.80. The molecule has 0 saturated heterocycles. The molecule has 2 unspecified atom stereocenters. The average Bonchev–Trinajstić information content (AvgIpc) is 3.05. The van der Waals surface area contributed by atoms with E-state index in [0.29, 0.717) is 11.5 Å². The topological polar surface area (TPSA) is 55.4 Å². The number of hydrogen-bond donors (Lipinski definition) is 0. The molecule has 0 spiro atoms. The van der Waals surface area contributed by atoms with E-state index in [1.165, 1.54) is 0 Å². The van der Waals surface area contributed by atoms with E-state index in [9.17, 15) is 0 Å². The molecule has 0 aliphatic heterocycles. The van der Waals surface area contributed by atoms with Gasteiger partial charge in [0, 0.05) is 32.7 Å². The number of benzene rings is 6. The van der Waals surface area contributed by atoms with Gasteiger partial charge >= 0.3 is 0 Å². The Morgan fingerprint density at radius 3 is 1.05 bits per heavy atom. The van der Waals surface area contributed by atoms with Crippen LogP contribution in [0, 0.1) is 0 Å². The van der Waals surface area contributed by atoms with Crippen LogP contribution in [0.1, 0.15) is 0 Å². The zero-order valence-corrected chi connectivity index (χ0v) is 25.0. The lowest BCUT2D eigenvalue weighted by atomic mass is 10.0. The summed E-state index contributed by atoms with van der Waals surface area (Å²) in [6, 6.07) is 39.3. The summed E-state index contributed by atoms with van der Waals surface area (Å²) < 4.78 is 35.6. The van der Waals surface area contributed by atoms with Crippen molar-refractivity contribution in [1.82, 2.24) is 0 Å². The van der Waals surface area contributed by atoms with Gasteiger partial charge in [0.25, 0.3) is 18.1 Å². The Labute approximate surface area is 248 Å². The number of rotatable bonds is 11. The van der Waals surface area contributed by atoms with Crippen molar-refractivity contribution in [3.05, 3.63) is 121 Å². The summed E-state index contributed by atoms with van der Waals surface area (Å²) in [7, 11) is 2.82. The maximum atomic E-state index is 6.18. The van der Waals surface area contributed by atoms with E-state index in [2.05, 4.69) is 0 Å². The Bertz CT molecular complexity index is 1710. The molecule has 0 aliphatic rings. The van der Waals surface area contributed by atoms with Crippen LogP contribution in [-0.2, 0) is 0 Å². The minimum Gasteiger partial charge on any atom is -0.496 e. The van der Waals surface area contributed by atoms with Crippen LogP contribution in [0.15, 0.2) is 121 Å². The standard InChI is InChI=1S/C34H28O6P2/c1-35-29-19-21-33(25-13-5-3-11-23(25)29)39-41-37-31-17-9-7-15-27(31)28-16-8-10-18-32(28)38-42-40-34-22-20-30(36-2)24-12-4-6-14-26(24)34/h3-22,41-42H,1-2H3. The highest BCUT2D eigenvalue weighted by atomic mass is 31.1. The van der Waals surface area contributed by atoms with Crippen LogP contribution < -0.4 is 27.6 Å². The lowest BCUT2D eigenvalue weighted by Crippen LogP contribution is -1.93. The maximum absolute atomic E-state index is 6.18. The molecule has 6 aromatic rings. The van der Waals surface area contributed by atoms with Gasteiger partial charge in [-0.1, -0.05) is 84.9 Å². The monoisotopic (exact) mass is 594 g/mol. The molecule has 2 atom stereocenters. The smallest absolute Gasteiger partial charge is 0.275 e. The fourth-order valence-electron chi connectivity index (χ4n) is 4.80. The van der Waals surface area contributed by atoms with Gasteiger partial charge < -0.3 is 27.6 Å². The summed E-state index contributed by atoms with van der Waals surface area (Å²) >= 11 is 0. The first kappa shape index (κ1) is 27.7. The molecule has 6 rings (SSSR count). The number of ether oxygens (including phenoxy) is 2. The molecule has 0 heterocycles. The van der Waals surface area contributed by atoms with E-state index in [1.807, 2.05) is 121 Å². The molecule has 0 radical (unpaired) electrons. The van der Waals surface area contributed by atoms with Crippen LogP contribution in [0.4, 0.5) is 0 Å². The van der Waals surface area contributed by atoms with Gasteiger partial charge in [-0.15, -0.1) is 0 Å². The number of methoxy groups -OCH3 is 2. The van der Waals surface area contributed by atoms with Gasteiger partial charge in [0.1, 0.15) is 34.5 Å². The average molecular weight is 595 g/mol. The maximum Gasteiger partial charge on any atom is 0.275 e. The molecule has 210 valence electrons. The van der Waals surface area contributed by atoms with Crippen LogP contribution >= 0.6 is 18.1 Å². The molecule has 0 fully saturated rings. The van der Waals surface area contributed by atoms with Crippen LogP contribution in [0.5, 0.6) is 34.5 Å². The van der Waals surface area contributed by atoms with E-state index in [0.717, 1.165) is 55.7 Å². The van der Waals surface area contributed by atoms with E-state index in [-0.39, 0.29) is 18.1 Å². The number of para-hydroxylation sites is 2.